The number of carbonyl (C=O) groups is 1. The average molecular weight is 340 g/mol. The van der Waals surface area contributed by atoms with E-state index < -0.39 is 0 Å². The lowest BCUT2D eigenvalue weighted by molar-refractivity contribution is 0.0237. The molecular formula is C20H24N2O3. The first-order chi connectivity index (χ1) is 12.2. The summed E-state index contributed by atoms with van der Waals surface area (Å²) in [6, 6.07) is 11.4. The Labute approximate surface area is 148 Å². The Bertz CT molecular complexity index is 709. The summed E-state index contributed by atoms with van der Waals surface area (Å²) in [5, 5.41) is 0. The van der Waals surface area contributed by atoms with E-state index in [-0.39, 0.29) is 12.0 Å². The highest BCUT2D eigenvalue weighted by atomic mass is 16.5. The van der Waals surface area contributed by atoms with Gasteiger partial charge in [-0.1, -0.05) is 18.2 Å². The summed E-state index contributed by atoms with van der Waals surface area (Å²) in [4.78, 5) is 18.9. The highest BCUT2D eigenvalue weighted by Crippen LogP contribution is 2.22. The van der Waals surface area contributed by atoms with Crippen LogP contribution in [0.2, 0.25) is 0 Å². The molecule has 1 aliphatic rings. The standard InChI is InChI=1S/C20H24N2O3/c1-3-22(18-7-5-4-6-15(18)2)20(23)16-8-9-19(21-14-16)25-17-10-12-24-13-11-17/h4-9,14,17H,3,10-13H2,1-2H3. The lowest BCUT2D eigenvalue weighted by atomic mass is 10.1. The van der Waals surface area contributed by atoms with Crippen LogP contribution >= 0.6 is 0 Å². The predicted octanol–water partition coefficient (Wildman–Crippen LogP) is 3.61. The maximum Gasteiger partial charge on any atom is 0.259 e. The molecule has 132 valence electrons. The van der Waals surface area contributed by atoms with Gasteiger partial charge in [0, 0.05) is 37.3 Å². The van der Waals surface area contributed by atoms with Gasteiger partial charge in [0.25, 0.3) is 5.91 Å². The number of ether oxygens (including phenoxy) is 2. The molecule has 0 bridgehead atoms. The fourth-order valence-electron chi connectivity index (χ4n) is 2.99. The SMILES string of the molecule is CCN(C(=O)c1ccc(OC2CCOCC2)nc1)c1ccccc1C. The van der Waals surface area contributed by atoms with Crippen LogP contribution in [0.3, 0.4) is 0 Å². The topological polar surface area (TPSA) is 51.7 Å². The van der Waals surface area contributed by atoms with Gasteiger partial charge in [-0.05, 0) is 31.5 Å². The molecule has 0 aliphatic carbocycles. The minimum atomic E-state index is -0.0538. The third-order valence-corrected chi connectivity index (χ3v) is 4.41. The van der Waals surface area contributed by atoms with Gasteiger partial charge in [0.15, 0.2) is 0 Å². The Balaban J connectivity index is 1.72. The average Bonchev–Trinajstić information content (AvgIpc) is 2.65. The Morgan fingerprint density at radius 3 is 2.64 bits per heavy atom. The molecule has 1 aliphatic heterocycles. The van der Waals surface area contributed by atoms with Crippen LogP contribution in [0.1, 0.15) is 35.7 Å². The molecule has 0 unspecified atom stereocenters. The molecule has 1 saturated heterocycles. The number of hydrogen-bond donors (Lipinski definition) is 0. The van der Waals surface area contributed by atoms with E-state index >= 15 is 0 Å². The van der Waals surface area contributed by atoms with E-state index in [9.17, 15) is 4.79 Å². The molecule has 2 heterocycles. The molecule has 0 N–H and O–H groups in total. The quantitative estimate of drug-likeness (QED) is 0.834. The van der Waals surface area contributed by atoms with Crippen molar-refractivity contribution in [2.24, 2.45) is 0 Å². The molecule has 25 heavy (non-hydrogen) atoms. The van der Waals surface area contributed by atoms with Gasteiger partial charge in [-0.2, -0.15) is 0 Å². The molecule has 0 saturated carbocycles. The van der Waals surface area contributed by atoms with Gasteiger partial charge in [-0.3, -0.25) is 4.79 Å². The Morgan fingerprint density at radius 2 is 2.00 bits per heavy atom. The highest BCUT2D eigenvalue weighted by Gasteiger charge is 2.19. The number of amides is 1. The maximum absolute atomic E-state index is 12.9. The van der Waals surface area contributed by atoms with Crippen molar-refractivity contribution in [3.63, 3.8) is 0 Å². The summed E-state index contributed by atoms with van der Waals surface area (Å²) >= 11 is 0. The number of anilines is 1. The van der Waals surface area contributed by atoms with Gasteiger partial charge >= 0.3 is 0 Å². The highest BCUT2D eigenvalue weighted by molar-refractivity contribution is 6.06. The number of nitrogens with zero attached hydrogens (tertiary/aromatic N) is 2. The molecule has 0 atom stereocenters. The number of aryl methyl sites for hydroxylation is 1. The summed E-state index contributed by atoms with van der Waals surface area (Å²) in [6.45, 7) is 6.03. The van der Waals surface area contributed by atoms with Crippen molar-refractivity contribution in [2.75, 3.05) is 24.7 Å². The Morgan fingerprint density at radius 1 is 1.24 bits per heavy atom. The molecule has 1 amide bonds. The first-order valence-corrected chi connectivity index (χ1v) is 8.77. The number of aromatic nitrogens is 1. The number of hydrogen-bond acceptors (Lipinski definition) is 4. The van der Waals surface area contributed by atoms with E-state index in [1.165, 1.54) is 0 Å². The lowest BCUT2D eigenvalue weighted by Crippen LogP contribution is -2.31. The van der Waals surface area contributed by atoms with Gasteiger partial charge in [-0.25, -0.2) is 4.98 Å². The predicted molar refractivity (Wildman–Crippen MR) is 97.2 cm³/mol. The van der Waals surface area contributed by atoms with Crippen LogP contribution in [0.15, 0.2) is 42.6 Å². The molecule has 1 fully saturated rings. The number of benzene rings is 1. The molecule has 5 nitrogen and oxygen atoms in total. The van der Waals surface area contributed by atoms with Crippen LogP contribution in [0.4, 0.5) is 5.69 Å². The van der Waals surface area contributed by atoms with E-state index in [1.807, 2.05) is 38.1 Å². The normalized spacial score (nSPS) is 15.0. The minimum absolute atomic E-state index is 0.0538. The smallest absolute Gasteiger partial charge is 0.259 e. The first kappa shape index (κ1) is 17.4. The number of pyridine rings is 1. The molecule has 3 rings (SSSR count). The summed E-state index contributed by atoms with van der Waals surface area (Å²) in [6.07, 6.45) is 3.48. The molecule has 2 aromatic rings. The van der Waals surface area contributed by atoms with E-state index in [1.54, 1.807) is 23.2 Å². The largest absolute Gasteiger partial charge is 0.474 e. The van der Waals surface area contributed by atoms with Crippen molar-refractivity contribution in [3.8, 4) is 5.88 Å². The van der Waals surface area contributed by atoms with E-state index in [4.69, 9.17) is 9.47 Å². The Hall–Kier alpha value is -2.40. The second-order valence-corrected chi connectivity index (χ2v) is 6.15. The number of carbonyl (C=O) groups excluding carboxylic acids is 1. The van der Waals surface area contributed by atoms with Crippen LogP contribution in [0.5, 0.6) is 5.88 Å². The molecule has 1 aromatic carbocycles. The molecule has 1 aromatic heterocycles. The van der Waals surface area contributed by atoms with Crippen molar-refractivity contribution in [3.05, 3.63) is 53.7 Å². The van der Waals surface area contributed by atoms with Crippen LogP contribution in [-0.2, 0) is 4.74 Å². The van der Waals surface area contributed by atoms with Gasteiger partial charge in [0.2, 0.25) is 5.88 Å². The zero-order chi connectivity index (χ0) is 17.6. The van der Waals surface area contributed by atoms with E-state index in [2.05, 4.69) is 4.98 Å². The number of rotatable bonds is 5. The molecule has 5 heteroatoms. The monoisotopic (exact) mass is 340 g/mol. The first-order valence-electron chi connectivity index (χ1n) is 8.77. The maximum atomic E-state index is 12.9. The lowest BCUT2D eigenvalue weighted by Gasteiger charge is -2.24. The van der Waals surface area contributed by atoms with Gasteiger partial charge < -0.3 is 14.4 Å². The second kappa shape index (κ2) is 8.12. The van der Waals surface area contributed by atoms with E-state index in [0.717, 1.165) is 37.3 Å². The van der Waals surface area contributed by atoms with Crippen LogP contribution in [0.25, 0.3) is 0 Å². The summed E-state index contributed by atoms with van der Waals surface area (Å²) in [7, 11) is 0. The van der Waals surface area contributed by atoms with Crippen LogP contribution in [0, 0.1) is 6.92 Å². The van der Waals surface area contributed by atoms with Crippen LogP contribution < -0.4 is 9.64 Å². The summed E-state index contributed by atoms with van der Waals surface area (Å²) < 4.78 is 11.2. The van der Waals surface area contributed by atoms with Gasteiger partial charge in [0.1, 0.15) is 6.10 Å². The van der Waals surface area contributed by atoms with Crippen molar-refractivity contribution >= 4 is 11.6 Å². The fraction of sp³-hybridized carbons (Fsp3) is 0.400. The zero-order valence-electron chi connectivity index (χ0n) is 14.8. The molecular weight excluding hydrogens is 316 g/mol. The summed E-state index contributed by atoms with van der Waals surface area (Å²) in [5.74, 6) is 0.504. The zero-order valence-corrected chi connectivity index (χ0v) is 14.8. The van der Waals surface area contributed by atoms with E-state index in [0.29, 0.717) is 18.0 Å². The van der Waals surface area contributed by atoms with Crippen molar-refractivity contribution in [1.82, 2.24) is 4.98 Å². The summed E-state index contributed by atoms with van der Waals surface area (Å²) in [5.41, 5.74) is 2.56. The van der Waals surface area contributed by atoms with Crippen molar-refractivity contribution in [2.45, 2.75) is 32.8 Å². The minimum Gasteiger partial charge on any atom is -0.474 e. The van der Waals surface area contributed by atoms with Crippen LogP contribution in [-0.4, -0.2) is 36.8 Å². The second-order valence-electron chi connectivity index (χ2n) is 6.15. The Kier molecular flexibility index (Phi) is 5.66. The molecule has 0 spiro atoms. The van der Waals surface area contributed by atoms with Crippen molar-refractivity contribution < 1.29 is 14.3 Å². The number of para-hydroxylation sites is 1. The molecule has 0 radical (unpaired) electrons. The fourth-order valence-corrected chi connectivity index (χ4v) is 2.99. The van der Waals surface area contributed by atoms with Gasteiger partial charge in [0.05, 0.1) is 18.8 Å². The third-order valence-electron chi connectivity index (χ3n) is 4.41. The van der Waals surface area contributed by atoms with Crippen molar-refractivity contribution in [1.29, 1.82) is 0 Å². The third kappa shape index (κ3) is 4.17. The van der Waals surface area contributed by atoms with Gasteiger partial charge in [-0.15, -0.1) is 0 Å².